The lowest BCUT2D eigenvalue weighted by atomic mass is 9.77. The van der Waals surface area contributed by atoms with Crippen LogP contribution in [0.5, 0.6) is 5.75 Å². The average molecular weight is 480 g/mol. The summed E-state index contributed by atoms with van der Waals surface area (Å²) in [6.07, 6.45) is -0.726. The highest BCUT2D eigenvalue weighted by molar-refractivity contribution is 6.11. The van der Waals surface area contributed by atoms with Gasteiger partial charge in [0.05, 0.1) is 37.3 Å². The van der Waals surface area contributed by atoms with E-state index in [0.717, 1.165) is 5.56 Å². The number of hydrogen-bond donors (Lipinski definition) is 0. The van der Waals surface area contributed by atoms with Gasteiger partial charge in [-0.3, -0.25) is 9.59 Å². The van der Waals surface area contributed by atoms with Gasteiger partial charge in [0.25, 0.3) is 5.91 Å². The molecule has 2 aliphatic heterocycles. The first-order valence-electron chi connectivity index (χ1n) is 11.6. The summed E-state index contributed by atoms with van der Waals surface area (Å²) in [6.45, 7) is 0.233. The van der Waals surface area contributed by atoms with Gasteiger partial charge in [0.2, 0.25) is 0 Å². The van der Waals surface area contributed by atoms with Gasteiger partial charge in [-0.05, 0) is 54.7 Å². The minimum absolute atomic E-state index is 0.0594. The number of carbonyl (C=O) groups is 3. The van der Waals surface area contributed by atoms with Crippen LogP contribution in [0, 0.1) is 5.92 Å². The molecule has 0 aromatic heterocycles. The van der Waals surface area contributed by atoms with Gasteiger partial charge in [0, 0.05) is 6.54 Å². The number of ether oxygens (including phenoxy) is 3. The molecule has 1 aliphatic carbocycles. The normalized spacial score (nSPS) is 25.6. The van der Waals surface area contributed by atoms with E-state index in [4.69, 9.17) is 14.2 Å². The van der Waals surface area contributed by atoms with E-state index in [1.54, 1.807) is 48.4 Å². The highest BCUT2D eigenvalue weighted by Crippen LogP contribution is 2.47. The first-order valence-corrected chi connectivity index (χ1v) is 11.6. The van der Waals surface area contributed by atoms with Gasteiger partial charge >= 0.3 is 5.97 Å². The molecule has 2 aromatic rings. The maximum atomic E-state index is 14.2. The summed E-state index contributed by atoms with van der Waals surface area (Å²) in [5.74, 6) is -0.937. The summed E-state index contributed by atoms with van der Waals surface area (Å²) >= 11 is 0. The van der Waals surface area contributed by atoms with E-state index in [1.807, 2.05) is 12.1 Å². The Hall–Kier alpha value is -3.68. The Labute approximate surface area is 202 Å². The second-order valence-electron chi connectivity index (χ2n) is 9.08. The second kappa shape index (κ2) is 9.17. The molecule has 182 valence electrons. The number of Topliss-reactive ketones (excluding diaryl/α,β-unsaturated/α-hetero) is 1. The van der Waals surface area contributed by atoms with Crippen LogP contribution < -0.4 is 4.74 Å². The summed E-state index contributed by atoms with van der Waals surface area (Å²) in [4.78, 5) is 40.7. The molecule has 0 spiro atoms. The van der Waals surface area contributed by atoms with Crippen molar-refractivity contribution in [3.05, 3.63) is 76.6 Å². The molecule has 0 saturated heterocycles. The number of halogens is 1. The monoisotopic (exact) mass is 479 g/mol. The van der Waals surface area contributed by atoms with E-state index in [1.165, 1.54) is 7.11 Å². The van der Waals surface area contributed by atoms with Crippen LogP contribution in [0.4, 0.5) is 4.39 Å². The number of benzene rings is 2. The third kappa shape index (κ3) is 4.07. The number of carbonyl (C=O) groups excluding carboxylic acids is 3. The summed E-state index contributed by atoms with van der Waals surface area (Å²) in [7, 11) is 2.88. The van der Waals surface area contributed by atoms with Crippen molar-refractivity contribution in [3.8, 4) is 5.75 Å². The Balaban J connectivity index is 1.54. The Kier molecular flexibility index (Phi) is 6.05. The standard InChI is InChI=1S/C27H26FNO6/c1-33-19-10-3-15(4-11-19)14-29-23(16-5-7-17(8-6-16)27(32)34-2)22-24(30)20-13-18(28)9-12-21(20)35-25(22)26(29)31/h3-8,10-11,18,20-21,23H,9,12-14H2,1-2H3. The molecule has 4 unspecified atom stereocenters. The van der Waals surface area contributed by atoms with Crippen molar-refractivity contribution in [2.75, 3.05) is 14.2 Å². The van der Waals surface area contributed by atoms with E-state index in [9.17, 15) is 18.8 Å². The molecule has 3 aliphatic rings. The molecule has 0 bridgehead atoms. The lowest BCUT2D eigenvalue weighted by Crippen LogP contribution is -2.42. The zero-order valence-electron chi connectivity index (χ0n) is 19.5. The van der Waals surface area contributed by atoms with E-state index in [-0.39, 0.29) is 36.0 Å². The molecule has 0 N–H and O–H groups in total. The number of amides is 1. The molecule has 7 nitrogen and oxygen atoms in total. The molecular weight excluding hydrogens is 453 g/mol. The highest BCUT2D eigenvalue weighted by atomic mass is 19.1. The van der Waals surface area contributed by atoms with Gasteiger partial charge in [-0.1, -0.05) is 24.3 Å². The van der Waals surface area contributed by atoms with Crippen LogP contribution in [-0.2, 0) is 25.6 Å². The zero-order chi connectivity index (χ0) is 24.7. The Morgan fingerprint density at radius 3 is 2.43 bits per heavy atom. The maximum absolute atomic E-state index is 14.2. The van der Waals surface area contributed by atoms with Crippen molar-refractivity contribution >= 4 is 17.7 Å². The molecule has 1 fully saturated rings. The van der Waals surface area contributed by atoms with Crippen molar-refractivity contribution in [2.24, 2.45) is 5.92 Å². The molecule has 2 heterocycles. The SMILES string of the molecule is COC(=O)c1ccc(C2C3=C(OC4CCC(F)CC4C3=O)C(=O)N2Cc2ccc(OC)cc2)cc1. The van der Waals surface area contributed by atoms with Crippen molar-refractivity contribution in [1.29, 1.82) is 0 Å². The lowest BCUT2D eigenvalue weighted by molar-refractivity contribution is -0.136. The molecule has 1 saturated carbocycles. The van der Waals surface area contributed by atoms with Crippen molar-refractivity contribution < 1.29 is 33.0 Å². The van der Waals surface area contributed by atoms with Gasteiger partial charge in [0.15, 0.2) is 11.5 Å². The Bertz CT molecular complexity index is 1190. The van der Waals surface area contributed by atoms with Crippen molar-refractivity contribution in [3.63, 3.8) is 0 Å². The first kappa shape index (κ1) is 23.1. The molecule has 0 radical (unpaired) electrons. The molecular formula is C27H26FNO6. The number of esters is 1. The van der Waals surface area contributed by atoms with Gasteiger partial charge < -0.3 is 19.1 Å². The molecule has 5 rings (SSSR count). The average Bonchev–Trinajstić information content (AvgIpc) is 3.16. The van der Waals surface area contributed by atoms with Crippen LogP contribution in [0.1, 0.15) is 46.8 Å². The fraction of sp³-hybridized carbons (Fsp3) is 0.370. The van der Waals surface area contributed by atoms with E-state index < -0.39 is 30.2 Å². The van der Waals surface area contributed by atoms with Crippen LogP contribution in [0.15, 0.2) is 59.9 Å². The molecule has 8 heteroatoms. The number of ketones is 1. The quantitative estimate of drug-likeness (QED) is 0.605. The topological polar surface area (TPSA) is 82.1 Å². The van der Waals surface area contributed by atoms with Crippen LogP contribution in [-0.4, -0.2) is 49.1 Å². The second-order valence-corrected chi connectivity index (χ2v) is 9.08. The summed E-state index contributed by atoms with van der Waals surface area (Å²) in [6, 6.07) is 13.2. The van der Waals surface area contributed by atoms with Crippen LogP contribution in [0.25, 0.3) is 0 Å². The summed E-state index contributed by atoms with van der Waals surface area (Å²) < 4.78 is 30.3. The molecule has 2 aromatic carbocycles. The third-order valence-electron chi connectivity index (χ3n) is 7.04. The van der Waals surface area contributed by atoms with Gasteiger partial charge in [0.1, 0.15) is 18.0 Å². The smallest absolute Gasteiger partial charge is 0.337 e. The lowest BCUT2D eigenvalue weighted by Gasteiger charge is -2.36. The van der Waals surface area contributed by atoms with Gasteiger partial charge in [-0.2, -0.15) is 0 Å². The highest BCUT2D eigenvalue weighted by Gasteiger charge is 2.52. The number of methoxy groups -OCH3 is 2. The van der Waals surface area contributed by atoms with Gasteiger partial charge in [-0.25, -0.2) is 9.18 Å². The minimum atomic E-state index is -1.06. The van der Waals surface area contributed by atoms with E-state index in [0.29, 0.717) is 29.7 Å². The van der Waals surface area contributed by atoms with Gasteiger partial charge in [-0.15, -0.1) is 0 Å². The minimum Gasteiger partial charge on any atom is -0.497 e. The maximum Gasteiger partial charge on any atom is 0.337 e. The molecule has 1 amide bonds. The number of alkyl halides is 1. The van der Waals surface area contributed by atoms with Crippen molar-refractivity contribution in [1.82, 2.24) is 4.90 Å². The molecule has 35 heavy (non-hydrogen) atoms. The number of fused-ring (bicyclic) bond motifs is 1. The number of rotatable bonds is 5. The number of nitrogens with zero attached hydrogens (tertiary/aromatic N) is 1. The predicted molar refractivity (Wildman–Crippen MR) is 123 cm³/mol. The Morgan fingerprint density at radius 1 is 1.06 bits per heavy atom. The fourth-order valence-corrected chi connectivity index (χ4v) is 5.22. The van der Waals surface area contributed by atoms with Crippen LogP contribution in [0.2, 0.25) is 0 Å². The molecule has 4 atom stereocenters. The fourth-order valence-electron chi connectivity index (χ4n) is 5.22. The summed E-state index contributed by atoms with van der Waals surface area (Å²) in [5, 5.41) is 0. The van der Waals surface area contributed by atoms with E-state index in [2.05, 4.69) is 0 Å². The van der Waals surface area contributed by atoms with Crippen molar-refractivity contribution in [2.45, 2.75) is 44.1 Å². The first-order chi connectivity index (χ1) is 16.9. The largest absolute Gasteiger partial charge is 0.497 e. The zero-order valence-corrected chi connectivity index (χ0v) is 19.5. The third-order valence-corrected chi connectivity index (χ3v) is 7.04. The summed E-state index contributed by atoms with van der Waals surface area (Å²) in [5.41, 5.74) is 2.14. The van der Waals surface area contributed by atoms with Crippen LogP contribution in [0.3, 0.4) is 0 Å². The van der Waals surface area contributed by atoms with Crippen LogP contribution >= 0.6 is 0 Å². The predicted octanol–water partition coefficient (Wildman–Crippen LogP) is 3.93. The number of hydrogen-bond acceptors (Lipinski definition) is 6. The van der Waals surface area contributed by atoms with E-state index >= 15 is 0 Å². The Morgan fingerprint density at radius 2 is 1.77 bits per heavy atom.